The Bertz CT molecular complexity index is 594. The van der Waals surface area contributed by atoms with Gasteiger partial charge in [0.1, 0.15) is 5.82 Å². The molecule has 0 radical (unpaired) electrons. The Morgan fingerprint density at radius 1 is 1.14 bits per heavy atom. The van der Waals surface area contributed by atoms with E-state index < -0.39 is 15.8 Å². The van der Waals surface area contributed by atoms with Gasteiger partial charge in [-0.2, -0.15) is 0 Å². The van der Waals surface area contributed by atoms with E-state index in [1.165, 1.54) is 19.4 Å². The minimum Gasteiger partial charge on any atom is -0.399 e. The second-order valence-electron chi connectivity index (χ2n) is 5.79. The predicted molar refractivity (Wildman–Crippen MR) is 82.0 cm³/mol. The van der Waals surface area contributed by atoms with Crippen molar-refractivity contribution in [2.75, 3.05) is 5.73 Å². The molecule has 1 aromatic carbocycles. The van der Waals surface area contributed by atoms with Crippen molar-refractivity contribution in [1.82, 2.24) is 4.72 Å². The highest BCUT2D eigenvalue weighted by Gasteiger charge is 2.24. The van der Waals surface area contributed by atoms with E-state index in [-0.39, 0.29) is 22.2 Å². The van der Waals surface area contributed by atoms with Crippen LogP contribution in [0.3, 0.4) is 0 Å². The molecule has 0 unspecified atom stereocenters. The Morgan fingerprint density at radius 2 is 1.71 bits per heavy atom. The zero-order chi connectivity index (χ0) is 15.5. The quantitative estimate of drug-likeness (QED) is 0.842. The standard InChI is InChI=1S/C15H23FN2O2S/c1-11-14(16)9-12(17)10-15(11)21(19,20)18-13-7-5-3-2-4-6-8-13/h9-10,13,18H,2-8,17H2,1H3. The molecule has 1 aliphatic carbocycles. The molecule has 21 heavy (non-hydrogen) atoms. The summed E-state index contributed by atoms with van der Waals surface area (Å²) >= 11 is 0. The number of rotatable bonds is 3. The molecule has 1 saturated carbocycles. The Hall–Kier alpha value is -1.14. The summed E-state index contributed by atoms with van der Waals surface area (Å²) in [4.78, 5) is -0.0536. The molecule has 1 fully saturated rings. The van der Waals surface area contributed by atoms with Crippen molar-refractivity contribution < 1.29 is 12.8 Å². The van der Waals surface area contributed by atoms with E-state index in [0.29, 0.717) is 0 Å². The van der Waals surface area contributed by atoms with Crippen LogP contribution in [0.15, 0.2) is 17.0 Å². The second-order valence-corrected chi connectivity index (χ2v) is 7.47. The van der Waals surface area contributed by atoms with Crippen molar-refractivity contribution >= 4 is 15.7 Å². The molecule has 0 spiro atoms. The maximum absolute atomic E-state index is 13.7. The van der Waals surface area contributed by atoms with Crippen LogP contribution in [0.4, 0.5) is 10.1 Å². The first kappa shape index (κ1) is 16.2. The van der Waals surface area contributed by atoms with Crippen LogP contribution in [-0.4, -0.2) is 14.5 Å². The topological polar surface area (TPSA) is 72.2 Å². The van der Waals surface area contributed by atoms with E-state index in [1.807, 2.05) is 0 Å². The van der Waals surface area contributed by atoms with Gasteiger partial charge in [0.2, 0.25) is 10.0 Å². The fraction of sp³-hybridized carbons (Fsp3) is 0.600. The number of sulfonamides is 1. The van der Waals surface area contributed by atoms with Gasteiger partial charge in [0.15, 0.2) is 0 Å². The zero-order valence-electron chi connectivity index (χ0n) is 12.4. The molecule has 0 heterocycles. The zero-order valence-corrected chi connectivity index (χ0v) is 13.2. The van der Waals surface area contributed by atoms with Crippen LogP contribution in [0.25, 0.3) is 0 Å². The lowest BCUT2D eigenvalue weighted by atomic mass is 9.97. The molecule has 0 aromatic heterocycles. The summed E-state index contributed by atoms with van der Waals surface area (Å²) in [6.07, 6.45) is 7.23. The molecule has 0 saturated heterocycles. The Morgan fingerprint density at radius 3 is 2.33 bits per heavy atom. The highest BCUT2D eigenvalue weighted by atomic mass is 32.2. The monoisotopic (exact) mass is 314 g/mol. The molecule has 118 valence electrons. The van der Waals surface area contributed by atoms with Crippen LogP contribution in [0.5, 0.6) is 0 Å². The number of nitrogens with one attached hydrogen (secondary N) is 1. The summed E-state index contributed by atoms with van der Waals surface area (Å²) in [5.74, 6) is -0.590. The highest BCUT2D eigenvalue weighted by molar-refractivity contribution is 7.89. The first-order valence-corrected chi connectivity index (χ1v) is 8.96. The van der Waals surface area contributed by atoms with Crippen LogP contribution in [0.2, 0.25) is 0 Å². The van der Waals surface area contributed by atoms with E-state index in [0.717, 1.165) is 44.6 Å². The number of hydrogen-bond donors (Lipinski definition) is 2. The van der Waals surface area contributed by atoms with Gasteiger partial charge < -0.3 is 5.73 Å². The fourth-order valence-electron chi connectivity index (χ4n) is 2.81. The largest absolute Gasteiger partial charge is 0.399 e. The maximum Gasteiger partial charge on any atom is 0.241 e. The summed E-state index contributed by atoms with van der Waals surface area (Å²) in [5, 5.41) is 0. The van der Waals surface area contributed by atoms with Gasteiger partial charge in [-0.3, -0.25) is 0 Å². The van der Waals surface area contributed by atoms with E-state index in [9.17, 15) is 12.8 Å². The average Bonchev–Trinajstić information content (AvgIpc) is 2.36. The van der Waals surface area contributed by atoms with Crippen molar-refractivity contribution in [2.45, 2.75) is 62.8 Å². The summed E-state index contributed by atoms with van der Waals surface area (Å²) in [6.45, 7) is 1.46. The third-order valence-electron chi connectivity index (χ3n) is 4.04. The lowest BCUT2D eigenvalue weighted by Crippen LogP contribution is -2.35. The molecule has 0 amide bonds. The molecule has 0 bridgehead atoms. The van der Waals surface area contributed by atoms with Gasteiger partial charge in [0.05, 0.1) is 4.90 Å². The van der Waals surface area contributed by atoms with Crippen LogP contribution in [0, 0.1) is 12.7 Å². The molecule has 2 rings (SSSR count). The third-order valence-corrected chi connectivity index (χ3v) is 5.68. The summed E-state index contributed by atoms with van der Waals surface area (Å²) < 4.78 is 41.4. The van der Waals surface area contributed by atoms with Gasteiger partial charge in [-0.25, -0.2) is 17.5 Å². The molecular formula is C15H23FN2O2S. The van der Waals surface area contributed by atoms with Gasteiger partial charge in [0, 0.05) is 17.3 Å². The first-order valence-electron chi connectivity index (χ1n) is 7.48. The van der Waals surface area contributed by atoms with Crippen LogP contribution in [-0.2, 0) is 10.0 Å². The minimum absolute atomic E-state index is 0.0536. The summed E-state index contributed by atoms with van der Waals surface area (Å²) in [5.41, 5.74) is 5.81. The Labute approximate surface area is 126 Å². The van der Waals surface area contributed by atoms with Gasteiger partial charge in [-0.05, 0) is 31.9 Å². The highest BCUT2D eigenvalue weighted by Crippen LogP contribution is 2.24. The van der Waals surface area contributed by atoms with E-state index in [4.69, 9.17) is 5.73 Å². The SMILES string of the molecule is Cc1c(F)cc(N)cc1S(=O)(=O)NC1CCCCCCC1. The van der Waals surface area contributed by atoms with Crippen LogP contribution < -0.4 is 10.5 Å². The van der Waals surface area contributed by atoms with Gasteiger partial charge in [-0.1, -0.05) is 32.1 Å². The molecule has 0 atom stereocenters. The van der Waals surface area contributed by atoms with Crippen molar-refractivity contribution in [3.05, 3.63) is 23.5 Å². The average molecular weight is 314 g/mol. The number of nitrogens with two attached hydrogens (primary N) is 1. The molecule has 1 aliphatic rings. The van der Waals surface area contributed by atoms with Crippen molar-refractivity contribution in [1.29, 1.82) is 0 Å². The number of hydrogen-bond acceptors (Lipinski definition) is 3. The van der Waals surface area contributed by atoms with Crippen LogP contribution in [0.1, 0.15) is 50.5 Å². The summed E-state index contributed by atoms with van der Waals surface area (Å²) in [7, 11) is -3.73. The smallest absolute Gasteiger partial charge is 0.241 e. The fourth-order valence-corrected chi connectivity index (χ4v) is 4.40. The van der Waals surface area contributed by atoms with Gasteiger partial charge in [-0.15, -0.1) is 0 Å². The van der Waals surface area contributed by atoms with E-state index >= 15 is 0 Å². The number of nitrogen functional groups attached to an aromatic ring is 1. The number of benzene rings is 1. The first-order chi connectivity index (χ1) is 9.90. The second kappa shape index (κ2) is 6.75. The molecule has 0 aliphatic heterocycles. The predicted octanol–water partition coefficient (Wildman–Crippen LogP) is 3.11. The normalized spacial score (nSPS) is 18.2. The van der Waals surface area contributed by atoms with Crippen molar-refractivity contribution in [2.24, 2.45) is 0 Å². The van der Waals surface area contributed by atoms with Crippen molar-refractivity contribution in [3.8, 4) is 0 Å². The third kappa shape index (κ3) is 4.17. The maximum atomic E-state index is 13.7. The Kier molecular flexibility index (Phi) is 5.22. The lowest BCUT2D eigenvalue weighted by Gasteiger charge is -2.21. The molecule has 1 aromatic rings. The number of anilines is 1. The molecular weight excluding hydrogens is 291 g/mol. The minimum atomic E-state index is -3.73. The van der Waals surface area contributed by atoms with Gasteiger partial charge in [0.25, 0.3) is 0 Å². The molecule has 4 nitrogen and oxygen atoms in total. The van der Waals surface area contributed by atoms with E-state index in [1.54, 1.807) is 0 Å². The molecule has 6 heteroatoms. The van der Waals surface area contributed by atoms with Gasteiger partial charge >= 0.3 is 0 Å². The lowest BCUT2D eigenvalue weighted by molar-refractivity contribution is 0.426. The van der Waals surface area contributed by atoms with Crippen LogP contribution >= 0.6 is 0 Å². The summed E-state index contributed by atoms with van der Waals surface area (Å²) in [6, 6.07) is 2.40. The molecule has 3 N–H and O–H groups in total. The van der Waals surface area contributed by atoms with Crippen molar-refractivity contribution in [3.63, 3.8) is 0 Å². The number of halogens is 1. The van der Waals surface area contributed by atoms with E-state index in [2.05, 4.69) is 4.72 Å². The Balaban J connectivity index is 2.21.